The van der Waals surface area contributed by atoms with Gasteiger partial charge in [-0.1, -0.05) is 66.7 Å². The van der Waals surface area contributed by atoms with Crippen LogP contribution in [0.15, 0.2) is 84.9 Å². The molecule has 4 aromatic rings. The number of benzene rings is 3. The van der Waals surface area contributed by atoms with E-state index < -0.39 is 0 Å². The molecule has 1 saturated heterocycles. The van der Waals surface area contributed by atoms with Gasteiger partial charge in [-0.05, 0) is 36.2 Å². The van der Waals surface area contributed by atoms with Crippen molar-refractivity contribution in [3.63, 3.8) is 0 Å². The molecule has 5 rings (SSSR count). The Kier molecular flexibility index (Phi) is 5.81. The maximum atomic E-state index is 4.68. The van der Waals surface area contributed by atoms with Gasteiger partial charge in [-0.2, -0.15) is 0 Å². The fourth-order valence-electron chi connectivity index (χ4n) is 4.19. The third-order valence-corrected chi connectivity index (χ3v) is 5.99. The van der Waals surface area contributed by atoms with Crippen LogP contribution < -0.4 is 4.90 Å². The molecule has 0 aliphatic carbocycles. The maximum absolute atomic E-state index is 4.68. The average Bonchev–Trinajstić information content (AvgIpc) is 3.28. The van der Waals surface area contributed by atoms with E-state index in [1.54, 1.807) is 0 Å². The second kappa shape index (κ2) is 9.19. The van der Waals surface area contributed by atoms with Crippen LogP contribution in [0, 0.1) is 0 Å². The first-order valence-corrected chi connectivity index (χ1v) is 11.1. The van der Waals surface area contributed by atoms with Crippen molar-refractivity contribution in [2.75, 3.05) is 37.6 Å². The summed E-state index contributed by atoms with van der Waals surface area (Å²) in [5.41, 5.74) is 5.77. The molecule has 2 heterocycles. The summed E-state index contributed by atoms with van der Waals surface area (Å²) in [4.78, 5) is 13.1. The summed E-state index contributed by atoms with van der Waals surface area (Å²) >= 11 is 0. The third kappa shape index (κ3) is 4.70. The van der Waals surface area contributed by atoms with Crippen molar-refractivity contribution >= 4 is 22.8 Å². The van der Waals surface area contributed by atoms with Crippen molar-refractivity contribution in [1.82, 2.24) is 14.9 Å². The highest BCUT2D eigenvalue weighted by Gasteiger charge is 2.16. The number of imidazole rings is 1. The van der Waals surface area contributed by atoms with Crippen LogP contribution in [0.25, 0.3) is 28.5 Å². The zero-order valence-electron chi connectivity index (χ0n) is 17.7. The largest absolute Gasteiger partial charge is 0.369 e. The lowest BCUT2D eigenvalue weighted by molar-refractivity contribution is 0.263. The van der Waals surface area contributed by atoms with Gasteiger partial charge in [0.15, 0.2) is 0 Å². The first kappa shape index (κ1) is 19.6. The normalized spacial score (nSPS) is 15.2. The van der Waals surface area contributed by atoms with Crippen LogP contribution >= 0.6 is 0 Å². The molecule has 0 radical (unpaired) electrons. The quantitative estimate of drug-likeness (QED) is 0.460. The molecule has 0 bridgehead atoms. The summed E-state index contributed by atoms with van der Waals surface area (Å²) in [5, 5.41) is 0. The Morgan fingerprint density at radius 1 is 0.806 bits per heavy atom. The van der Waals surface area contributed by atoms with Gasteiger partial charge in [0.2, 0.25) is 0 Å². The fraction of sp³-hybridized carbons (Fsp3) is 0.222. The predicted molar refractivity (Wildman–Crippen MR) is 130 cm³/mol. The first-order chi connectivity index (χ1) is 15.3. The zero-order chi connectivity index (χ0) is 20.9. The molecule has 0 saturated carbocycles. The van der Waals surface area contributed by atoms with Crippen molar-refractivity contribution in [2.45, 2.75) is 6.42 Å². The van der Waals surface area contributed by atoms with E-state index in [-0.39, 0.29) is 0 Å². The first-order valence-electron chi connectivity index (χ1n) is 11.1. The van der Waals surface area contributed by atoms with Crippen LogP contribution in [0.2, 0.25) is 0 Å². The number of fused-ring (bicyclic) bond motifs is 1. The topological polar surface area (TPSA) is 35.2 Å². The minimum atomic E-state index is 0.923. The Morgan fingerprint density at radius 3 is 2.32 bits per heavy atom. The second-order valence-electron chi connectivity index (χ2n) is 8.08. The molecule has 1 aromatic heterocycles. The van der Waals surface area contributed by atoms with Crippen LogP contribution in [-0.4, -0.2) is 47.6 Å². The van der Waals surface area contributed by atoms with Gasteiger partial charge in [-0.3, -0.25) is 4.90 Å². The Balaban J connectivity index is 1.10. The van der Waals surface area contributed by atoms with E-state index in [0.29, 0.717) is 0 Å². The number of H-pyrrole nitrogens is 1. The molecule has 0 amide bonds. The lowest BCUT2D eigenvalue weighted by Crippen LogP contribution is -2.46. The molecule has 1 aliphatic rings. The number of piperazine rings is 1. The van der Waals surface area contributed by atoms with Crippen LogP contribution in [0.3, 0.4) is 0 Å². The highest BCUT2D eigenvalue weighted by atomic mass is 15.3. The molecule has 4 nitrogen and oxygen atoms in total. The molecule has 0 atom stereocenters. The number of aromatic amines is 1. The lowest BCUT2D eigenvalue weighted by Gasteiger charge is -2.36. The summed E-state index contributed by atoms with van der Waals surface area (Å²) < 4.78 is 0. The van der Waals surface area contributed by atoms with E-state index in [9.17, 15) is 0 Å². The molecular formula is C27H28N4. The number of hydrogen-bond donors (Lipinski definition) is 1. The Hall–Kier alpha value is -3.37. The van der Waals surface area contributed by atoms with Crippen molar-refractivity contribution < 1.29 is 0 Å². The van der Waals surface area contributed by atoms with Crippen molar-refractivity contribution in [2.24, 2.45) is 0 Å². The summed E-state index contributed by atoms with van der Waals surface area (Å²) in [5.74, 6) is 0.923. The van der Waals surface area contributed by atoms with Gasteiger partial charge >= 0.3 is 0 Å². The van der Waals surface area contributed by atoms with Crippen molar-refractivity contribution in [1.29, 1.82) is 0 Å². The van der Waals surface area contributed by atoms with E-state index in [2.05, 4.69) is 92.6 Å². The summed E-state index contributed by atoms with van der Waals surface area (Å²) in [6, 6.07) is 27.5. The molecule has 156 valence electrons. The second-order valence-corrected chi connectivity index (χ2v) is 8.08. The van der Waals surface area contributed by atoms with Crippen molar-refractivity contribution in [3.05, 3.63) is 90.5 Å². The van der Waals surface area contributed by atoms with E-state index in [1.165, 1.54) is 11.3 Å². The van der Waals surface area contributed by atoms with Gasteiger partial charge in [0.05, 0.1) is 11.0 Å². The van der Waals surface area contributed by atoms with E-state index in [1.807, 2.05) is 18.2 Å². The Bertz CT molecular complexity index is 1100. The zero-order valence-corrected chi connectivity index (χ0v) is 17.7. The highest BCUT2D eigenvalue weighted by molar-refractivity contribution is 5.79. The predicted octanol–water partition coefficient (Wildman–Crippen LogP) is 5.46. The standard InChI is InChI=1S/C27H28N4/c1-2-9-24(10-3-1)31-20-18-30(19-21-31)17-7-6-8-22-13-15-23(16-14-22)27-28-25-11-4-5-12-26(25)29-27/h1-6,8-16H,7,17-21H2,(H,28,29)/b8-6-. The van der Waals surface area contributed by atoms with Crippen LogP contribution in [0.4, 0.5) is 5.69 Å². The highest BCUT2D eigenvalue weighted by Crippen LogP contribution is 2.21. The fourth-order valence-corrected chi connectivity index (χ4v) is 4.19. The molecule has 0 unspecified atom stereocenters. The van der Waals surface area contributed by atoms with Gasteiger partial charge in [0.25, 0.3) is 0 Å². The SMILES string of the molecule is C(=C/c1ccc(-c2nc3ccccc3[nH]2)cc1)/CCN1CCN(c2ccccc2)CC1. The number of nitrogens with one attached hydrogen (secondary N) is 1. The Morgan fingerprint density at radius 2 is 1.55 bits per heavy atom. The van der Waals surface area contributed by atoms with Gasteiger partial charge < -0.3 is 9.88 Å². The molecule has 1 aliphatic heterocycles. The van der Waals surface area contributed by atoms with Crippen LogP contribution in [0.1, 0.15) is 12.0 Å². The molecule has 0 spiro atoms. The number of nitrogens with zero attached hydrogens (tertiary/aromatic N) is 3. The number of aromatic nitrogens is 2. The van der Waals surface area contributed by atoms with Gasteiger partial charge in [0, 0.05) is 44.0 Å². The number of hydrogen-bond acceptors (Lipinski definition) is 3. The molecular weight excluding hydrogens is 380 g/mol. The molecule has 1 N–H and O–H groups in total. The van der Waals surface area contributed by atoms with Gasteiger partial charge in [-0.15, -0.1) is 0 Å². The average molecular weight is 409 g/mol. The number of anilines is 1. The monoisotopic (exact) mass is 408 g/mol. The Labute approximate surface area is 183 Å². The van der Waals surface area contributed by atoms with Crippen LogP contribution in [0.5, 0.6) is 0 Å². The summed E-state index contributed by atoms with van der Waals surface area (Å²) in [7, 11) is 0. The van der Waals surface area contributed by atoms with E-state index in [0.717, 1.165) is 61.6 Å². The van der Waals surface area contributed by atoms with Crippen LogP contribution in [-0.2, 0) is 0 Å². The third-order valence-electron chi connectivity index (χ3n) is 5.99. The van der Waals surface area contributed by atoms with E-state index in [4.69, 9.17) is 0 Å². The number of rotatable bonds is 6. The van der Waals surface area contributed by atoms with Crippen molar-refractivity contribution in [3.8, 4) is 11.4 Å². The van der Waals surface area contributed by atoms with Gasteiger partial charge in [0.1, 0.15) is 5.82 Å². The summed E-state index contributed by atoms with van der Waals surface area (Å²) in [6.45, 7) is 5.61. The molecule has 31 heavy (non-hydrogen) atoms. The lowest BCUT2D eigenvalue weighted by atomic mass is 10.1. The minimum absolute atomic E-state index is 0.923. The molecule has 3 aromatic carbocycles. The smallest absolute Gasteiger partial charge is 0.138 e. The maximum Gasteiger partial charge on any atom is 0.138 e. The van der Waals surface area contributed by atoms with E-state index >= 15 is 0 Å². The molecule has 1 fully saturated rings. The minimum Gasteiger partial charge on any atom is -0.369 e. The molecule has 4 heteroatoms. The van der Waals surface area contributed by atoms with Gasteiger partial charge in [-0.25, -0.2) is 4.98 Å². The number of para-hydroxylation sites is 3. The summed E-state index contributed by atoms with van der Waals surface area (Å²) in [6.07, 6.45) is 5.60.